The molecule has 0 bridgehead atoms. The lowest BCUT2D eigenvalue weighted by Crippen LogP contribution is -2.39. The number of guanidine groups is 1. The Bertz CT molecular complexity index is 718. The standard InChI is InChI=1S/C17H21F3N4S2.HI/c1-12-3-5-13(6-4-12)25-10-9-23-16(21-2)22-8-7-15-24-14(11-26-15)17(18,19)20;/h3-6,11H,7-10H2,1-2H3,(H2,21,22,23);1H. The van der Waals surface area contributed by atoms with Crippen molar-refractivity contribution in [1.82, 2.24) is 15.6 Å². The van der Waals surface area contributed by atoms with Gasteiger partial charge in [-0.05, 0) is 19.1 Å². The molecule has 27 heavy (non-hydrogen) atoms. The molecule has 0 aliphatic heterocycles. The number of aliphatic imine (C=N–C) groups is 1. The van der Waals surface area contributed by atoms with Gasteiger partial charge in [0, 0.05) is 42.6 Å². The van der Waals surface area contributed by atoms with Gasteiger partial charge in [0.05, 0.1) is 5.01 Å². The van der Waals surface area contributed by atoms with Crippen LogP contribution in [0.15, 0.2) is 39.5 Å². The van der Waals surface area contributed by atoms with Crippen molar-refractivity contribution in [2.45, 2.75) is 24.4 Å². The monoisotopic (exact) mass is 530 g/mol. The smallest absolute Gasteiger partial charge is 0.356 e. The van der Waals surface area contributed by atoms with E-state index in [4.69, 9.17) is 0 Å². The lowest BCUT2D eigenvalue weighted by molar-refractivity contribution is -0.140. The molecule has 0 saturated carbocycles. The number of aryl methyl sites for hydroxylation is 1. The molecule has 1 heterocycles. The SMILES string of the molecule is CN=C(NCCSc1ccc(C)cc1)NCCc1nc(C(F)(F)F)cs1.I. The molecular formula is C17H22F3IN4S2. The van der Waals surface area contributed by atoms with Crippen LogP contribution in [0, 0.1) is 6.92 Å². The number of alkyl halides is 3. The Kier molecular flexibility index (Phi) is 10.5. The third-order valence-electron chi connectivity index (χ3n) is 3.38. The number of nitrogens with one attached hydrogen (secondary N) is 2. The first-order chi connectivity index (χ1) is 12.4. The minimum Gasteiger partial charge on any atom is -0.356 e. The van der Waals surface area contributed by atoms with Crippen LogP contribution < -0.4 is 10.6 Å². The third-order valence-corrected chi connectivity index (χ3v) is 5.30. The molecule has 1 aromatic carbocycles. The molecular weight excluding hydrogens is 508 g/mol. The first-order valence-corrected chi connectivity index (χ1v) is 9.90. The van der Waals surface area contributed by atoms with Gasteiger partial charge in [-0.15, -0.1) is 47.1 Å². The van der Waals surface area contributed by atoms with Crippen molar-refractivity contribution >= 4 is 53.0 Å². The highest BCUT2D eigenvalue weighted by molar-refractivity contribution is 14.0. The van der Waals surface area contributed by atoms with E-state index in [1.165, 1.54) is 10.5 Å². The second-order valence-corrected chi connectivity index (χ2v) is 7.57. The number of rotatable bonds is 7. The zero-order chi connectivity index (χ0) is 19.0. The molecule has 0 spiro atoms. The van der Waals surface area contributed by atoms with Crippen LogP contribution >= 0.6 is 47.1 Å². The zero-order valence-corrected chi connectivity index (χ0v) is 18.9. The normalized spacial score (nSPS) is 11.8. The number of halogens is 4. The number of thioether (sulfide) groups is 1. The maximum Gasteiger partial charge on any atom is 0.434 e. The van der Waals surface area contributed by atoms with E-state index in [1.54, 1.807) is 18.8 Å². The molecule has 0 aliphatic rings. The van der Waals surface area contributed by atoms with Gasteiger partial charge in [0.25, 0.3) is 0 Å². The maximum atomic E-state index is 12.5. The summed E-state index contributed by atoms with van der Waals surface area (Å²) in [6, 6.07) is 8.35. The van der Waals surface area contributed by atoms with E-state index in [2.05, 4.69) is 51.8 Å². The Balaban J connectivity index is 0.00000364. The largest absolute Gasteiger partial charge is 0.434 e. The summed E-state index contributed by atoms with van der Waals surface area (Å²) < 4.78 is 37.6. The Morgan fingerprint density at radius 2 is 1.85 bits per heavy atom. The molecule has 10 heteroatoms. The summed E-state index contributed by atoms with van der Waals surface area (Å²) in [5.41, 5.74) is 0.410. The van der Waals surface area contributed by atoms with E-state index in [0.717, 1.165) is 29.0 Å². The summed E-state index contributed by atoms with van der Waals surface area (Å²) in [4.78, 5) is 8.93. The van der Waals surface area contributed by atoms with Crippen LogP contribution in [0.3, 0.4) is 0 Å². The molecule has 0 unspecified atom stereocenters. The third kappa shape index (κ3) is 8.69. The fourth-order valence-corrected chi connectivity index (χ4v) is 3.61. The first kappa shape index (κ1) is 24.0. The summed E-state index contributed by atoms with van der Waals surface area (Å²) in [5.74, 6) is 1.51. The van der Waals surface area contributed by atoms with E-state index in [9.17, 15) is 13.2 Å². The Hall–Kier alpha value is -1.01. The van der Waals surface area contributed by atoms with Crippen LogP contribution in [0.5, 0.6) is 0 Å². The van der Waals surface area contributed by atoms with E-state index in [0.29, 0.717) is 23.9 Å². The van der Waals surface area contributed by atoms with E-state index in [1.807, 2.05) is 0 Å². The van der Waals surface area contributed by atoms with Crippen molar-refractivity contribution < 1.29 is 13.2 Å². The number of benzene rings is 1. The molecule has 0 radical (unpaired) electrons. The van der Waals surface area contributed by atoms with Gasteiger partial charge in [-0.1, -0.05) is 17.7 Å². The summed E-state index contributed by atoms with van der Waals surface area (Å²) >= 11 is 2.77. The molecule has 0 amide bonds. The highest BCUT2D eigenvalue weighted by Crippen LogP contribution is 2.30. The van der Waals surface area contributed by atoms with E-state index >= 15 is 0 Å². The lowest BCUT2D eigenvalue weighted by Gasteiger charge is -2.11. The van der Waals surface area contributed by atoms with Gasteiger partial charge in [-0.3, -0.25) is 4.99 Å². The van der Waals surface area contributed by atoms with Gasteiger partial charge >= 0.3 is 6.18 Å². The number of hydrogen-bond acceptors (Lipinski definition) is 4. The summed E-state index contributed by atoms with van der Waals surface area (Å²) in [6.07, 6.45) is -3.96. The van der Waals surface area contributed by atoms with Crippen LogP contribution in [-0.2, 0) is 12.6 Å². The number of aromatic nitrogens is 1. The van der Waals surface area contributed by atoms with Crippen molar-refractivity contribution in [2.24, 2.45) is 4.99 Å². The highest BCUT2D eigenvalue weighted by Gasteiger charge is 2.33. The molecule has 2 rings (SSSR count). The molecule has 4 nitrogen and oxygen atoms in total. The van der Waals surface area contributed by atoms with Crippen molar-refractivity contribution in [1.29, 1.82) is 0 Å². The van der Waals surface area contributed by atoms with Gasteiger partial charge < -0.3 is 10.6 Å². The van der Waals surface area contributed by atoms with Crippen LogP contribution in [0.2, 0.25) is 0 Å². The Morgan fingerprint density at radius 3 is 2.44 bits per heavy atom. The van der Waals surface area contributed by atoms with Crippen LogP contribution in [0.1, 0.15) is 16.3 Å². The summed E-state index contributed by atoms with van der Waals surface area (Å²) in [6.45, 7) is 3.25. The second-order valence-electron chi connectivity index (χ2n) is 5.46. The van der Waals surface area contributed by atoms with Gasteiger partial charge in [-0.25, -0.2) is 4.98 Å². The van der Waals surface area contributed by atoms with Crippen molar-refractivity contribution in [3.8, 4) is 0 Å². The number of thiazole rings is 1. The van der Waals surface area contributed by atoms with Crippen molar-refractivity contribution in [3.05, 3.63) is 45.9 Å². The van der Waals surface area contributed by atoms with E-state index < -0.39 is 11.9 Å². The lowest BCUT2D eigenvalue weighted by atomic mass is 10.2. The van der Waals surface area contributed by atoms with Crippen molar-refractivity contribution in [3.63, 3.8) is 0 Å². The van der Waals surface area contributed by atoms with Gasteiger partial charge in [-0.2, -0.15) is 13.2 Å². The summed E-state index contributed by atoms with van der Waals surface area (Å²) in [5, 5.41) is 7.78. The molecule has 1 aromatic heterocycles. The molecule has 0 atom stereocenters. The van der Waals surface area contributed by atoms with Crippen LogP contribution in [0.4, 0.5) is 13.2 Å². The molecule has 0 saturated heterocycles. The minimum atomic E-state index is -4.38. The quantitative estimate of drug-likeness (QED) is 0.181. The number of nitrogens with zero attached hydrogens (tertiary/aromatic N) is 2. The highest BCUT2D eigenvalue weighted by atomic mass is 127. The molecule has 150 valence electrons. The predicted molar refractivity (Wildman–Crippen MR) is 118 cm³/mol. The average Bonchev–Trinajstić information content (AvgIpc) is 3.08. The van der Waals surface area contributed by atoms with Gasteiger partial charge in [0.2, 0.25) is 0 Å². The average molecular weight is 530 g/mol. The maximum absolute atomic E-state index is 12.5. The fraction of sp³-hybridized carbons (Fsp3) is 0.412. The van der Waals surface area contributed by atoms with Gasteiger partial charge in [0.15, 0.2) is 11.7 Å². The van der Waals surface area contributed by atoms with Crippen molar-refractivity contribution in [2.75, 3.05) is 25.9 Å². The molecule has 0 fully saturated rings. The van der Waals surface area contributed by atoms with E-state index in [-0.39, 0.29) is 24.0 Å². The Morgan fingerprint density at radius 1 is 1.19 bits per heavy atom. The van der Waals surface area contributed by atoms with Crippen LogP contribution in [0.25, 0.3) is 0 Å². The number of hydrogen-bond donors (Lipinski definition) is 2. The molecule has 0 aliphatic carbocycles. The predicted octanol–water partition coefficient (Wildman–Crippen LogP) is 4.59. The molecule has 2 N–H and O–H groups in total. The van der Waals surface area contributed by atoms with Gasteiger partial charge in [0.1, 0.15) is 0 Å². The molecule has 2 aromatic rings. The Labute approximate surface area is 182 Å². The zero-order valence-electron chi connectivity index (χ0n) is 15.0. The first-order valence-electron chi connectivity index (χ1n) is 8.04. The second kappa shape index (κ2) is 11.7. The summed E-state index contributed by atoms with van der Waals surface area (Å²) in [7, 11) is 1.66. The van der Waals surface area contributed by atoms with Crippen LogP contribution in [-0.4, -0.2) is 36.8 Å². The topological polar surface area (TPSA) is 49.3 Å². The minimum absolute atomic E-state index is 0. The fourth-order valence-electron chi connectivity index (χ4n) is 2.04.